The molecule has 6 heteroatoms. The molecule has 3 heterocycles. The largest absolute Gasteiger partial charge is 0.341 e. The molecule has 2 aliphatic heterocycles. The van der Waals surface area contributed by atoms with Crippen LogP contribution in [0.3, 0.4) is 0 Å². The van der Waals surface area contributed by atoms with Gasteiger partial charge in [0.25, 0.3) is 0 Å². The highest BCUT2D eigenvalue weighted by atomic mass is 16.2. The van der Waals surface area contributed by atoms with Gasteiger partial charge in [0.2, 0.25) is 5.91 Å². The van der Waals surface area contributed by atoms with E-state index < -0.39 is 0 Å². The Kier molecular flexibility index (Phi) is 4.05. The summed E-state index contributed by atoms with van der Waals surface area (Å²) in [6.07, 6.45) is 5.82. The molecule has 1 spiro atoms. The highest BCUT2D eigenvalue weighted by Gasteiger charge is 2.57. The van der Waals surface area contributed by atoms with E-state index >= 15 is 0 Å². The Hall–Kier alpha value is -2.21. The molecule has 2 saturated carbocycles. The Labute approximate surface area is 171 Å². The van der Waals surface area contributed by atoms with Crippen molar-refractivity contribution in [3.63, 3.8) is 0 Å². The lowest BCUT2D eigenvalue weighted by Crippen LogP contribution is -2.63. The molecule has 1 aromatic heterocycles. The Morgan fingerprint density at radius 3 is 2.59 bits per heavy atom. The summed E-state index contributed by atoms with van der Waals surface area (Å²) in [5.41, 5.74) is 1.47. The lowest BCUT2D eigenvalue weighted by Gasteiger charge is -2.52. The van der Waals surface area contributed by atoms with Crippen LogP contribution in [0.25, 0.3) is 0 Å². The highest BCUT2D eigenvalue weighted by Crippen LogP contribution is 2.50. The van der Waals surface area contributed by atoms with Crippen LogP contribution in [0.2, 0.25) is 0 Å². The van der Waals surface area contributed by atoms with Crippen molar-refractivity contribution in [2.45, 2.75) is 50.5 Å². The molecule has 4 fully saturated rings. The van der Waals surface area contributed by atoms with E-state index in [1.807, 2.05) is 0 Å². The van der Waals surface area contributed by atoms with E-state index in [4.69, 9.17) is 4.98 Å². The second kappa shape index (κ2) is 6.66. The van der Waals surface area contributed by atoms with Gasteiger partial charge >= 0.3 is 0 Å². The van der Waals surface area contributed by atoms with Crippen LogP contribution >= 0.6 is 0 Å². The molecule has 29 heavy (non-hydrogen) atoms. The minimum atomic E-state index is 0.120. The zero-order valence-electron chi connectivity index (χ0n) is 16.9. The maximum absolute atomic E-state index is 12.7. The van der Waals surface area contributed by atoms with Crippen molar-refractivity contribution in [2.24, 2.45) is 11.3 Å². The molecule has 1 amide bonds. The van der Waals surface area contributed by atoms with Gasteiger partial charge in [0.15, 0.2) is 5.82 Å². The van der Waals surface area contributed by atoms with Crippen LogP contribution in [0.4, 0.5) is 0 Å². The molecule has 1 atom stereocenters. The number of carbonyl (C=O) groups is 1. The van der Waals surface area contributed by atoms with Crippen LogP contribution in [0.15, 0.2) is 30.3 Å². The van der Waals surface area contributed by atoms with Gasteiger partial charge in [0, 0.05) is 55.9 Å². The number of nitrogens with zero attached hydrogens (tertiary/aromatic N) is 4. The number of benzene rings is 1. The number of hydrogen-bond acceptors (Lipinski definition) is 4. The van der Waals surface area contributed by atoms with Crippen LogP contribution in [0.1, 0.15) is 61.2 Å². The van der Waals surface area contributed by atoms with Crippen molar-refractivity contribution < 1.29 is 4.79 Å². The lowest BCUT2D eigenvalue weighted by atomic mass is 9.70. The number of H-pyrrole nitrogens is 1. The standard InChI is InChI=1S/C23H29N5O/c29-22(18-7-4-8-18)28-14-23(15-28)13-27(11-16-5-2-1-3-6-16)12-19(23)21-24-20(25-26-21)17-9-10-17/h1-3,5-6,17-19H,4,7-15H2,(H,24,25,26). The zero-order valence-corrected chi connectivity index (χ0v) is 16.9. The lowest BCUT2D eigenvalue weighted by molar-refractivity contribution is -0.151. The van der Waals surface area contributed by atoms with Gasteiger partial charge in [-0.05, 0) is 31.2 Å². The average molecular weight is 392 g/mol. The van der Waals surface area contributed by atoms with E-state index in [1.165, 1.54) is 24.8 Å². The number of likely N-dealkylation sites (tertiary alicyclic amines) is 2. The van der Waals surface area contributed by atoms with E-state index in [1.54, 1.807) is 0 Å². The summed E-state index contributed by atoms with van der Waals surface area (Å²) < 4.78 is 0. The summed E-state index contributed by atoms with van der Waals surface area (Å²) in [5.74, 6) is 3.61. The maximum Gasteiger partial charge on any atom is 0.225 e. The van der Waals surface area contributed by atoms with E-state index in [9.17, 15) is 4.79 Å². The summed E-state index contributed by atoms with van der Waals surface area (Å²) in [6.45, 7) is 4.72. The molecule has 2 saturated heterocycles. The van der Waals surface area contributed by atoms with E-state index in [2.05, 4.69) is 50.3 Å². The fourth-order valence-electron chi connectivity index (χ4n) is 5.48. The molecule has 6 rings (SSSR count). The Bertz CT molecular complexity index is 895. The van der Waals surface area contributed by atoms with Crippen molar-refractivity contribution >= 4 is 5.91 Å². The molecule has 1 aromatic carbocycles. The first kappa shape index (κ1) is 17.6. The third-order valence-corrected chi connectivity index (χ3v) is 7.54. The van der Waals surface area contributed by atoms with Gasteiger partial charge in [0.1, 0.15) is 5.82 Å². The minimum absolute atomic E-state index is 0.120. The SMILES string of the molecule is O=C(C1CCC1)N1CC2(CN(Cc3ccccc3)CC2c2nc(C3CC3)n[nH]2)C1. The first-order valence-electron chi connectivity index (χ1n) is 11.2. The number of rotatable bonds is 5. The molecule has 1 unspecified atom stereocenters. The molecular formula is C23H29N5O. The zero-order chi connectivity index (χ0) is 19.4. The summed E-state index contributed by atoms with van der Waals surface area (Å²) in [7, 11) is 0. The monoisotopic (exact) mass is 391 g/mol. The summed E-state index contributed by atoms with van der Waals surface area (Å²) >= 11 is 0. The van der Waals surface area contributed by atoms with E-state index in [0.717, 1.165) is 57.2 Å². The number of amides is 1. The number of nitrogens with one attached hydrogen (secondary N) is 1. The van der Waals surface area contributed by atoms with E-state index in [-0.39, 0.29) is 5.41 Å². The van der Waals surface area contributed by atoms with Crippen LogP contribution in [-0.2, 0) is 11.3 Å². The summed E-state index contributed by atoms with van der Waals surface area (Å²) in [6, 6.07) is 10.7. The third kappa shape index (κ3) is 3.08. The highest BCUT2D eigenvalue weighted by molar-refractivity contribution is 5.80. The first-order valence-corrected chi connectivity index (χ1v) is 11.2. The molecule has 1 N–H and O–H groups in total. The van der Waals surface area contributed by atoms with E-state index in [0.29, 0.717) is 23.7 Å². The van der Waals surface area contributed by atoms with Gasteiger partial charge in [-0.15, -0.1) is 0 Å². The second-order valence-electron chi connectivity index (χ2n) is 9.75. The van der Waals surface area contributed by atoms with Crippen LogP contribution in [0, 0.1) is 11.3 Å². The van der Waals surface area contributed by atoms with Crippen molar-refractivity contribution in [3.05, 3.63) is 47.5 Å². The van der Waals surface area contributed by atoms with Gasteiger partial charge in [0.05, 0.1) is 0 Å². The molecule has 0 bridgehead atoms. The Morgan fingerprint density at radius 2 is 1.90 bits per heavy atom. The predicted octanol–water partition coefficient (Wildman–Crippen LogP) is 2.91. The number of aromatic nitrogens is 3. The molecule has 2 aromatic rings. The normalized spacial score (nSPS) is 26.5. The molecule has 6 nitrogen and oxygen atoms in total. The van der Waals surface area contributed by atoms with Crippen molar-refractivity contribution in [2.75, 3.05) is 26.2 Å². The second-order valence-corrected chi connectivity index (χ2v) is 9.75. The van der Waals surface area contributed by atoms with Crippen molar-refractivity contribution in [1.82, 2.24) is 25.0 Å². The number of carbonyl (C=O) groups excluding carboxylic acids is 1. The van der Waals surface area contributed by atoms with Gasteiger partial charge in [-0.2, -0.15) is 5.10 Å². The third-order valence-electron chi connectivity index (χ3n) is 7.54. The molecule has 4 aliphatic rings. The van der Waals surface area contributed by atoms with Crippen LogP contribution in [-0.4, -0.2) is 57.1 Å². The van der Waals surface area contributed by atoms with Crippen LogP contribution < -0.4 is 0 Å². The summed E-state index contributed by atoms with van der Waals surface area (Å²) in [5, 5.41) is 7.80. The topological polar surface area (TPSA) is 65.1 Å². The average Bonchev–Trinajstić information content (AvgIpc) is 3.26. The first-order chi connectivity index (χ1) is 14.2. The minimum Gasteiger partial charge on any atom is -0.341 e. The smallest absolute Gasteiger partial charge is 0.225 e. The molecule has 152 valence electrons. The summed E-state index contributed by atoms with van der Waals surface area (Å²) in [4.78, 5) is 22.3. The van der Waals surface area contributed by atoms with Gasteiger partial charge in [-0.3, -0.25) is 14.8 Å². The Morgan fingerprint density at radius 1 is 1.10 bits per heavy atom. The fraction of sp³-hybridized carbons (Fsp3) is 0.609. The molecular weight excluding hydrogens is 362 g/mol. The van der Waals surface area contributed by atoms with Gasteiger partial charge in [-0.1, -0.05) is 36.8 Å². The fourth-order valence-corrected chi connectivity index (χ4v) is 5.48. The van der Waals surface area contributed by atoms with Crippen molar-refractivity contribution in [3.8, 4) is 0 Å². The quantitative estimate of drug-likeness (QED) is 0.851. The Balaban J connectivity index is 1.22. The van der Waals surface area contributed by atoms with Crippen molar-refractivity contribution in [1.29, 1.82) is 0 Å². The predicted molar refractivity (Wildman–Crippen MR) is 109 cm³/mol. The molecule has 2 aliphatic carbocycles. The van der Waals surface area contributed by atoms with Crippen LogP contribution in [0.5, 0.6) is 0 Å². The number of hydrogen-bond donors (Lipinski definition) is 1. The maximum atomic E-state index is 12.7. The molecule has 0 radical (unpaired) electrons. The number of aromatic amines is 1. The van der Waals surface area contributed by atoms with Gasteiger partial charge < -0.3 is 4.90 Å². The van der Waals surface area contributed by atoms with Gasteiger partial charge in [-0.25, -0.2) is 4.98 Å².